The van der Waals surface area contributed by atoms with Gasteiger partial charge in [-0.1, -0.05) is 24.4 Å². The van der Waals surface area contributed by atoms with Gasteiger partial charge in [0.05, 0.1) is 10.2 Å². The molecule has 0 N–H and O–H groups in total. The van der Waals surface area contributed by atoms with Crippen LogP contribution in [0.3, 0.4) is 0 Å². The molecule has 0 atom stereocenters. The first-order valence-corrected chi connectivity index (χ1v) is 7.60. The second-order valence-corrected chi connectivity index (χ2v) is 5.86. The van der Waals surface area contributed by atoms with E-state index in [1.54, 1.807) is 7.11 Å². The Morgan fingerprint density at radius 2 is 2.06 bits per heavy atom. The summed E-state index contributed by atoms with van der Waals surface area (Å²) >= 11 is 9.71. The fraction of sp³-hybridized carbons (Fsp3) is 0.692. The highest BCUT2D eigenvalue weighted by Crippen LogP contribution is 2.38. The van der Waals surface area contributed by atoms with Gasteiger partial charge in [-0.25, -0.2) is 9.97 Å². The standard InChI is InChI=1S/C13H18BrClN2O/c1-18-8-4-7-10-16-12(9-5-2-3-6-9)11(14)13(15)17-10/h9H,2-8H2,1H3. The summed E-state index contributed by atoms with van der Waals surface area (Å²) in [6, 6.07) is 0. The van der Waals surface area contributed by atoms with Crippen LogP contribution in [0.25, 0.3) is 0 Å². The van der Waals surface area contributed by atoms with E-state index in [2.05, 4.69) is 25.9 Å². The van der Waals surface area contributed by atoms with E-state index in [1.165, 1.54) is 25.7 Å². The van der Waals surface area contributed by atoms with Gasteiger partial charge in [0, 0.05) is 26.1 Å². The van der Waals surface area contributed by atoms with Crippen LogP contribution >= 0.6 is 27.5 Å². The van der Waals surface area contributed by atoms with E-state index in [-0.39, 0.29) is 0 Å². The van der Waals surface area contributed by atoms with Crippen LogP contribution in [0.15, 0.2) is 4.47 Å². The smallest absolute Gasteiger partial charge is 0.147 e. The van der Waals surface area contributed by atoms with E-state index in [0.717, 1.165) is 35.4 Å². The second kappa shape index (κ2) is 6.83. The normalized spacial score (nSPS) is 16.4. The number of aryl methyl sites for hydroxylation is 1. The van der Waals surface area contributed by atoms with E-state index in [9.17, 15) is 0 Å². The zero-order valence-corrected chi connectivity index (χ0v) is 12.9. The lowest BCUT2D eigenvalue weighted by molar-refractivity contribution is 0.194. The molecule has 0 amide bonds. The summed E-state index contributed by atoms with van der Waals surface area (Å²) < 4.78 is 5.93. The third kappa shape index (κ3) is 3.43. The van der Waals surface area contributed by atoms with Gasteiger partial charge in [0.2, 0.25) is 0 Å². The van der Waals surface area contributed by atoms with Crippen LogP contribution < -0.4 is 0 Å². The summed E-state index contributed by atoms with van der Waals surface area (Å²) in [4.78, 5) is 9.02. The Labute approximate surface area is 121 Å². The van der Waals surface area contributed by atoms with Gasteiger partial charge in [0.25, 0.3) is 0 Å². The Hall–Kier alpha value is -0.190. The van der Waals surface area contributed by atoms with Crippen LogP contribution in [0.5, 0.6) is 0 Å². The van der Waals surface area contributed by atoms with E-state index in [1.807, 2.05) is 0 Å². The lowest BCUT2D eigenvalue weighted by Gasteiger charge is -2.13. The number of hydrogen-bond acceptors (Lipinski definition) is 3. The summed E-state index contributed by atoms with van der Waals surface area (Å²) in [7, 11) is 1.71. The number of rotatable bonds is 5. The number of hydrogen-bond donors (Lipinski definition) is 0. The Bertz CT molecular complexity index is 408. The SMILES string of the molecule is COCCCc1nc(Cl)c(Br)c(C2CCCC2)n1. The zero-order chi connectivity index (χ0) is 13.0. The minimum absolute atomic E-state index is 0.541. The molecule has 0 saturated heterocycles. The van der Waals surface area contributed by atoms with Gasteiger partial charge in [-0.15, -0.1) is 0 Å². The van der Waals surface area contributed by atoms with Crippen molar-refractivity contribution in [1.82, 2.24) is 9.97 Å². The summed E-state index contributed by atoms with van der Waals surface area (Å²) in [5, 5.41) is 0.541. The van der Waals surface area contributed by atoms with Crippen molar-refractivity contribution < 1.29 is 4.74 Å². The quantitative estimate of drug-likeness (QED) is 0.600. The lowest BCUT2D eigenvalue weighted by Crippen LogP contribution is -2.06. The van der Waals surface area contributed by atoms with Gasteiger partial charge in [0.1, 0.15) is 11.0 Å². The fourth-order valence-electron chi connectivity index (χ4n) is 2.44. The number of ether oxygens (including phenoxy) is 1. The van der Waals surface area contributed by atoms with Gasteiger partial charge in [0.15, 0.2) is 0 Å². The molecule has 0 spiro atoms. The van der Waals surface area contributed by atoms with E-state index >= 15 is 0 Å². The first-order valence-electron chi connectivity index (χ1n) is 6.43. The molecule has 1 aliphatic carbocycles. The van der Waals surface area contributed by atoms with Crippen LogP contribution in [0.2, 0.25) is 5.15 Å². The van der Waals surface area contributed by atoms with Crippen molar-refractivity contribution in [3.05, 3.63) is 21.1 Å². The van der Waals surface area contributed by atoms with Crippen molar-refractivity contribution in [1.29, 1.82) is 0 Å². The molecule has 2 rings (SSSR count). The van der Waals surface area contributed by atoms with Crippen molar-refractivity contribution in [3.8, 4) is 0 Å². The van der Waals surface area contributed by atoms with Crippen LogP contribution in [-0.4, -0.2) is 23.7 Å². The third-order valence-electron chi connectivity index (χ3n) is 3.37. The molecule has 5 heteroatoms. The molecular weight excluding hydrogens is 316 g/mol. The number of methoxy groups -OCH3 is 1. The fourth-order valence-corrected chi connectivity index (χ4v) is 3.13. The summed E-state index contributed by atoms with van der Waals surface area (Å²) in [5.41, 5.74) is 1.10. The van der Waals surface area contributed by atoms with Gasteiger partial charge >= 0.3 is 0 Å². The van der Waals surface area contributed by atoms with E-state index in [4.69, 9.17) is 16.3 Å². The van der Waals surface area contributed by atoms with Crippen LogP contribution in [0.4, 0.5) is 0 Å². The molecule has 3 nitrogen and oxygen atoms in total. The predicted molar refractivity (Wildman–Crippen MR) is 76.1 cm³/mol. The van der Waals surface area contributed by atoms with Gasteiger partial charge in [-0.05, 0) is 35.2 Å². The average Bonchev–Trinajstić information content (AvgIpc) is 2.87. The highest BCUT2D eigenvalue weighted by molar-refractivity contribution is 9.10. The Balaban J connectivity index is 2.16. The van der Waals surface area contributed by atoms with Crippen LogP contribution in [0.1, 0.15) is 49.5 Å². The van der Waals surface area contributed by atoms with E-state index in [0.29, 0.717) is 11.1 Å². The highest BCUT2D eigenvalue weighted by atomic mass is 79.9. The minimum Gasteiger partial charge on any atom is -0.385 e. The second-order valence-electron chi connectivity index (χ2n) is 4.71. The number of nitrogens with zero attached hydrogens (tertiary/aromatic N) is 2. The molecule has 0 bridgehead atoms. The maximum atomic E-state index is 6.18. The van der Waals surface area contributed by atoms with Crippen molar-refractivity contribution in [2.75, 3.05) is 13.7 Å². The number of halogens is 2. The molecule has 0 aromatic carbocycles. The van der Waals surface area contributed by atoms with Crippen molar-refractivity contribution in [3.63, 3.8) is 0 Å². The molecule has 0 radical (unpaired) electrons. The topological polar surface area (TPSA) is 35.0 Å². The maximum Gasteiger partial charge on any atom is 0.147 e. The zero-order valence-electron chi connectivity index (χ0n) is 10.6. The molecule has 1 heterocycles. The third-order valence-corrected chi connectivity index (χ3v) is 4.66. The lowest BCUT2D eigenvalue weighted by atomic mass is 10.0. The Morgan fingerprint density at radius 1 is 1.33 bits per heavy atom. The molecule has 1 fully saturated rings. The Morgan fingerprint density at radius 3 is 2.72 bits per heavy atom. The highest BCUT2D eigenvalue weighted by Gasteiger charge is 2.23. The van der Waals surface area contributed by atoms with E-state index < -0.39 is 0 Å². The summed E-state index contributed by atoms with van der Waals surface area (Å²) in [5.74, 6) is 1.38. The summed E-state index contributed by atoms with van der Waals surface area (Å²) in [6.07, 6.45) is 6.75. The van der Waals surface area contributed by atoms with Gasteiger partial charge in [-0.2, -0.15) is 0 Å². The van der Waals surface area contributed by atoms with Gasteiger partial charge < -0.3 is 4.74 Å². The maximum absolute atomic E-state index is 6.18. The first kappa shape index (κ1) is 14.2. The van der Waals surface area contributed by atoms with Gasteiger partial charge in [-0.3, -0.25) is 0 Å². The molecule has 18 heavy (non-hydrogen) atoms. The monoisotopic (exact) mass is 332 g/mol. The average molecular weight is 334 g/mol. The van der Waals surface area contributed by atoms with Crippen molar-refractivity contribution in [2.24, 2.45) is 0 Å². The van der Waals surface area contributed by atoms with Crippen LogP contribution in [-0.2, 0) is 11.2 Å². The predicted octanol–water partition coefficient (Wildman–Crippen LogP) is 4.13. The van der Waals surface area contributed by atoms with Crippen LogP contribution in [0, 0.1) is 0 Å². The molecule has 0 unspecified atom stereocenters. The molecule has 1 aromatic rings. The number of aromatic nitrogens is 2. The Kier molecular flexibility index (Phi) is 5.39. The largest absolute Gasteiger partial charge is 0.385 e. The minimum atomic E-state index is 0.541. The summed E-state index contributed by atoms with van der Waals surface area (Å²) in [6.45, 7) is 0.732. The van der Waals surface area contributed by atoms with Crippen molar-refractivity contribution in [2.45, 2.75) is 44.4 Å². The molecule has 0 aliphatic heterocycles. The van der Waals surface area contributed by atoms with Crippen molar-refractivity contribution >= 4 is 27.5 Å². The molecular formula is C13H18BrClN2O. The molecule has 1 aliphatic rings. The molecule has 100 valence electrons. The molecule has 1 saturated carbocycles. The first-order chi connectivity index (χ1) is 8.72. The molecule has 1 aromatic heterocycles.